The van der Waals surface area contributed by atoms with E-state index >= 15 is 0 Å². The number of ketones is 1. The number of carbonyl (C=O) groups excluding carboxylic acids is 3. The zero-order valence-electron chi connectivity index (χ0n) is 26.9. The van der Waals surface area contributed by atoms with E-state index in [0.29, 0.717) is 17.7 Å². The van der Waals surface area contributed by atoms with E-state index in [-0.39, 0.29) is 46.8 Å². The van der Waals surface area contributed by atoms with Crippen LogP contribution in [0.25, 0.3) is 10.9 Å². The summed E-state index contributed by atoms with van der Waals surface area (Å²) in [6, 6.07) is 11.4. The number of hydrogen-bond acceptors (Lipinski definition) is 12. The van der Waals surface area contributed by atoms with Gasteiger partial charge in [0.15, 0.2) is 35.6 Å². The lowest BCUT2D eigenvalue weighted by Gasteiger charge is -2.50. The lowest BCUT2D eigenvalue weighted by molar-refractivity contribution is -0.687. The fraction of sp³-hybridized carbons (Fsp3) is 0.273. The summed E-state index contributed by atoms with van der Waals surface area (Å²) in [5.41, 5.74) is 12.3. The number of carboxylic acids is 2. The number of carbonyl (C=O) groups is 4. The largest absolute Gasteiger partial charge is 0.543 e. The first-order chi connectivity index (χ1) is 23.7. The van der Waals surface area contributed by atoms with Gasteiger partial charge >= 0.3 is 5.97 Å². The summed E-state index contributed by atoms with van der Waals surface area (Å²) in [4.78, 5) is 61.2. The van der Waals surface area contributed by atoms with Crippen molar-refractivity contribution in [2.75, 3.05) is 11.5 Å². The molecule has 2 atom stereocenters. The predicted molar refractivity (Wildman–Crippen MR) is 183 cm³/mol. The molecule has 15 nitrogen and oxygen atoms in total. The van der Waals surface area contributed by atoms with Crippen molar-refractivity contribution in [2.24, 2.45) is 16.8 Å². The summed E-state index contributed by atoms with van der Waals surface area (Å²) >= 11 is 2.39. The van der Waals surface area contributed by atoms with Crippen LogP contribution in [0.3, 0.4) is 0 Å². The van der Waals surface area contributed by atoms with Gasteiger partial charge in [0, 0.05) is 47.5 Å². The van der Waals surface area contributed by atoms with Gasteiger partial charge in [-0.3, -0.25) is 19.9 Å². The molecule has 2 aliphatic rings. The van der Waals surface area contributed by atoms with E-state index < -0.39 is 40.5 Å². The number of fused-ring (bicyclic) bond motifs is 2. The number of amidine groups is 1. The van der Waals surface area contributed by atoms with Gasteiger partial charge in [0.05, 0.1) is 33.9 Å². The number of aromatic nitrogens is 3. The summed E-state index contributed by atoms with van der Waals surface area (Å²) in [6.07, 6.45) is 5.37. The van der Waals surface area contributed by atoms with Crippen molar-refractivity contribution in [2.45, 2.75) is 44.3 Å². The average Bonchev–Trinajstić information content (AvgIpc) is 3.68. The lowest BCUT2D eigenvalue weighted by atomic mass is 9.89. The van der Waals surface area contributed by atoms with Crippen molar-refractivity contribution in [3.05, 3.63) is 88.5 Å². The molecule has 5 heterocycles. The number of rotatable bonds is 13. The summed E-state index contributed by atoms with van der Waals surface area (Å²) in [5, 5.41) is 35.1. The second kappa shape index (κ2) is 13.4. The zero-order valence-corrected chi connectivity index (χ0v) is 28.5. The maximum Gasteiger partial charge on any atom is 0.350 e. The highest BCUT2D eigenvalue weighted by atomic mass is 32.2. The molecule has 2 aliphatic heterocycles. The molecule has 0 saturated carbocycles. The van der Waals surface area contributed by atoms with E-state index in [2.05, 4.69) is 14.7 Å². The van der Waals surface area contributed by atoms with Crippen LogP contribution in [0.4, 0.5) is 5.13 Å². The monoisotopic (exact) mass is 716 g/mol. The van der Waals surface area contributed by atoms with Crippen LogP contribution in [0.15, 0.2) is 76.8 Å². The molecule has 0 bridgehead atoms. The number of oxime groups is 1. The molecule has 3 aromatic heterocycles. The molecule has 1 fully saturated rings. The fourth-order valence-electron chi connectivity index (χ4n) is 5.69. The third kappa shape index (κ3) is 6.69. The molecular weight excluding hydrogens is 685 g/mol. The van der Waals surface area contributed by atoms with Crippen molar-refractivity contribution in [3.8, 4) is 0 Å². The predicted octanol–water partition coefficient (Wildman–Crippen LogP) is 1.08. The van der Waals surface area contributed by atoms with Gasteiger partial charge in [-0.05, 0) is 25.5 Å². The van der Waals surface area contributed by atoms with Crippen LogP contribution in [0, 0.1) is 11.3 Å². The van der Waals surface area contributed by atoms with Crippen LogP contribution >= 0.6 is 23.1 Å². The van der Waals surface area contributed by atoms with E-state index in [0.717, 1.165) is 27.8 Å². The van der Waals surface area contributed by atoms with Crippen LogP contribution < -0.4 is 21.1 Å². The number of carboxylic acid groups (broad SMARTS) is 2. The molecule has 4 aromatic rings. The van der Waals surface area contributed by atoms with Crippen molar-refractivity contribution in [1.29, 1.82) is 5.41 Å². The van der Waals surface area contributed by atoms with Crippen LogP contribution in [-0.2, 0) is 37.1 Å². The Balaban J connectivity index is 1.18. The number of anilines is 1. The Morgan fingerprint density at radius 1 is 1.22 bits per heavy atom. The minimum Gasteiger partial charge on any atom is -0.543 e. The molecule has 6 rings (SSSR count). The van der Waals surface area contributed by atoms with E-state index in [1.54, 1.807) is 12.1 Å². The minimum atomic E-state index is -1.75. The van der Waals surface area contributed by atoms with Crippen molar-refractivity contribution < 1.29 is 38.8 Å². The second-order valence-corrected chi connectivity index (χ2v) is 14.3. The summed E-state index contributed by atoms with van der Waals surface area (Å²) in [7, 11) is 0. The molecule has 1 saturated heterocycles. The number of nitrogens with two attached hydrogens (primary N) is 2. The van der Waals surface area contributed by atoms with Crippen molar-refractivity contribution in [1.82, 2.24) is 14.5 Å². The first-order valence-corrected chi connectivity index (χ1v) is 17.2. The molecule has 0 unspecified atom stereocenters. The number of benzene rings is 1. The van der Waals surface area contributed by atoms with Crippen LogP contribution in [0.2, 0.25) is 0 Å². The molecular formula is C33H32N8O7S2. The van der Waals surface area contributed by atoms with Gasteiger partial charge < -0.3 is 35.9 Å². The zero-order chi connectivity index (χ0) is 35.9. The maximum atomic E-state index is 13.5. The van der Waals surface area contributed by atoms with Crippen molar-refractivity contribution in [3.63, 3.8) is 0 Å². The molecule has 0 radical (unpaired) electrons. The van der Waals surface area contributed by atoms with E-state index in [1.807, 2.05) is 47.4 Å². The number of amides is 1. The molecule has 0 spiro atoms. The number of thiazole rings is 1. The average molecular weight is 717 g/mol. The quantitative estimate of drug-likeness (QED) is 0.0502. The molecule has 17 heteroatoms. The molecule has 1 aromatic carbocycles. The first-order valence-electron chi connectivity index (χ1n) is 15.3. The molecule has 6 N–H and O–H groups in total. The normalized spacial score (nSPS) is 17.8. The highest BCUT2D eigenvalue weighted by molar-refractivity contribution is 8.00. The Morgan fingerprint density at radius 2 is 1.96 bits per heavy atom. The Labute approximate surface area is 293 Å². The second-order valence-electron chi connectivity index (χ2n) is 12.3. The van der Waals surface area contributed by atoms with Crippen LogP contribution in [-0.4, -0.2) is 71.5 Å². The Hall–Kier alpha value is -5.55. The minimum absolute atomic E-state index is 0.00807. The topological polar surface area (TPSA) is 234 Å². The molecule has 258 valence electrons. The smallest absolute Gasteiger partial charge is 0.350 e. The van der Waals surface area contributed by atoms with Gasteiger partial charge in [-0.25, -0.2) is 14.3 Å². The van der Waals surface area contributed by atoms with Gasteiger partial charge in [0.25, 0.3) is 0 Å². The number of thioether (sulfide) groups is 1. The van der Waals surface area contributed by atoms with Crippen molar-refractivity contribution >= 4 is 74.3 Å². The van der Waals surface area contributed by atoms with E-state index in [9.17, 15) is 29.4 Å². The Morgan fingerprint density at radius 3 is 2.60 bits per heavy atom. The highest BCUT2D eigenvalue weighted by Crippen LogP contribution is 2.45. The maximum absolute atomic E-state index is 13.5. The number of nitrogen functional groups attached to an aromatic ring is 2. The Bertz CT molecular complexity index is 2120. The highest BCUT2D eigenvalue weighted by Gasteiger charge is 2.53. The SMILES string of the molecule is CC(C)(O/N=C(\C(=O)C[C@@H]1C(=O)N2C(C(=O)[O-])=C(C[n+]3ccc4c(ccn4Cc4ccc(C(=N)N)cc4)c3)CS[C@H]12)c1csc(N)n1)C(=O)O. The van der Waals surface area contributed by atoms with Gasteiger partial charge in [-0.2, -0.15) is 0 Å². The van der Waals surface area contributed by atoms with Gasteiger partial charge in [0.2, 0.25) is 11.5 Å². The number of aliphatic carboxylic acids is 2. The lowest BCUT2D eigenvalue weighted by Crippen LogP contribution is -2.63. The third-order valence-electron chi connectivity index (χ3n) is 8.42. The third-order valence-corrected chi connectivity index (χ3v) is 10.5. The summed E-state index contributed by atoms with van der Waals surface area (Å²) < 4.78 is 3.92. The fourth-order valence-corrected chi connectivity index (χ4v) is 7.65. The molecule has 1 amide bonds. The van der Waals surface area contributed by atoms with Gasteiger partial charge in [-0.15, -0.1) is 23.1 Å². The number of Topliss-reactive ketones (excluding diaryl/α,β-unsaturated/α-hetero) is 1. The van der Waals surface area contributed by atoms with Crippen LogP contribution in [0.1, 0.15) is 37.1 Å². The summed E-state index contributed by atoms with van der Waals surface area (Å²) in [6.45, 7) is 3.32. The standard InChI is InChI=1S/C33H32N8O7S2/c1-33(2,31(46)47)48-38-25(22-16-50-32(36)37-22)24(42)11-21-28(43)41-26(30(44)45)20(15-49-29(21)41)14-39-9-8-23-19(13-39)7-10-40(23)12-17-3-5-18(6-4-17)27(34)35/h3-10,13,16,21,29H,11-12,14-15H2,1-2H3,(H6-,34,35,36,37,44,45,46,47)/b38-25-/t21-,29-/m1/s1. The number of hydrogen-bond donors (Lipinski definition) is 4. The van der Waals surface area contributed by atoms with Gasteiger partial charge in [-0.1, -0.05) is 29.4 Å². The number of pyridine rings is 1. The van der Waals surface area contributed by atoms with Crippen LogP contribution in [0.5, 0.6) is 0 Å². The summed E-state index contributed by atoms with van der Waals surface area (Å²) in [5.74, 6) is -4.56. The number of nitrogens with one attached hydrogen (secondary N) is 1. The first kappa shape index (κ1) is 34.3. The Kier molecular flexibility index (Phi) is 9.19. The van der Waals surface area contributed by atoms with E-state index in [4.69, 9.17) is 21.7 Å². The van der Waals surface area contributed by atoms with E-state index in [1.165, 1.54) is 35.9 Å². The molecule has 50 heavy (non-hydrogen) atoms. The van der Waals surface area contributed by atoms with Gasteiger partial charge in [0.1, 0.15) is 11.5 Å². The number of nitrogens with zero attached hydrogens (tertiary/aromatic N) is 5. The number of β-lactam (4-membered cyclic amide) rings is 1. The molecule has 0 aliphatic carbocycles.